The first kappa shape index (κ1) is 14.9. The second-order valence-corrected chi connectivity index (χ2v) is 6.39. The zero-order chi connectivity index (χ0) is 16.4. The number of rotatable bonds is 5. The van der Waals surface area contributed by atoms with Crippen molar-refractivity contribution in [1.82, 2.24) is 15.2 Å². The summed E-state index contributed by atoms with van der Waals surface area (Å²) in [6, 6.07) is 8.70. The van der Waals surface area contributed by atoms with Crippen LogP contribution in [0.4, 0.5) is 5.82 Å². The molecule has 2 heterocycles. The van der Waals surface area contributed by atoms with Crippen LogP contribution in [0.15, 0.2) is 36.7 Å². The molecule has 24 heavy (non-hydrogen) atoms. The van der Waals surface area contributed by atoms with E-state index >= 15 is 0 Å². The van der Waals surface area contributed by atoms with Gasteiger partial charge in [0.1, 0.15) is 5.82 Å². The van der Waals surface area contributed by atoms with Crippen LogP contribution in [0.3, 0.4) is 0 Å². The van der Waals surface area contributed by atoms with Gasteiger partial charge in [0.15, 0.2) is 0 Å². The summed E-state index contributed by atoms with van der Waals surface area (Å²) in [4.78, 5) is 4.56. The van der Waals surface area contributed by atoms with Crippen molar-refractivity contribution in [2.24, 2.45) is 0 Å². The number of unbranched alkanes of at least 4 members (excludes halogenated alkanes) is 1. The van der Waals surface area contributed by atoms with Crippen molar-refractivity contribution in [2.75, 3.05) is 11.9 Å². The van der Waals surface area contributed by atoms with Gasteiger partial charge in [-0.3, -0.25) is 5.10 Å². The van der Waals surface area contributed by atoms with Crippen molar-refractivity contribution in [3.63, 3.8) is 0 Å². The predicted molar refractivity (Wildman–Crippen MR) is 99.9 cm³/mol. The van der Waals surface area contributed by atoms with Gasteiger partial charge in [-0.25, -0.2) is 4.98 Å². The number of anilines is 1. The molecule has 0 saturated carbocycles. The van der Waals surface area contributed by atoms with Crippen molar-refractivity contribution in [1.29, 1.82) is 0 Å². The third kappa shape index (κ3) is 2.92. The molecule has 3 aromatic rings. The van der Waals surface area contributed by atoms with Crippen LogP contribution in [0.2, 0.25) is 0 Å². The number of fused-ring (bicyclic) bond motifs is 2. The molecule has 0 aliphatic heterocycles. The van der Waals surface area contributed by atoms with Gasteiger partial charge in [-0.1, -0.05) is 25.5 Å². The number of nitrogens with one attached hydrogen (secondary N) is 2. The quantitative estimate of drug-likeness (QED) is 0.673. The summed E-state index contributed by atoms with van der Waals surface area (Å²) in [5.41, 5.74) is 6.35. The Morgan fingerprint density at radius 1 is 1.17 bits per heavy atom. The van der Waals surface area contributed by atoms with Gasteiger partial charge in [-0.15, -0.1) is 0 Å². The molecule has 0 amide bonds. The van der Waals surface area contributed by atoms with Crippen LogP contribution in [-0.2, 0) is 6.42 Å². The average molecular weight is 318 g/mol. The zero-order valence-corrected chi connectivity index (χ0v) is 14.0. The second-order valence-electron chi connectivity index (χ2n) is 6.39. The highest BCUT2D eigenvalue weighted by molar-refractivity contribution is 5.89. The first-order chi connectivity index (χ1) is 11.8. The maximum Gasteiger partial charge on any atom is 0.126 e. The molecule has 2 aromatic heterocycles. The Morgan fingerprint density at radius 2 is 2.12 bits per heavy atom. The molecule has 0 unspecified atom stereocenters. The molecule has 1 aliphatic rings. The zero-order valence-electron chi connectivity index (χ0n) is 14.0. The van der Waals surface area contributed by atoms with Crippen LogP contribution in [0, 0.1) is 0 Å². The fourth-order valence-electron chi connectivity index (χ4n) is 3.24. The molecule has 2 N–H and O–H groups in total. The number of benzene rings is 1. The van der Waals surface area contributed by atoms with Gasteiger partial charge in [-0.05, 0) is 59.7 Å². The number of hydrogen-bond acceptors (Lipinski definition) is 3. The number of pyridine rings is 1. The predicted octanol–water partition coefficient (Wildman–Crippen LogP) is 4.66. The Bertz CT molecular complexity index is 892. The molecule has 4 rings (SSSR count). The molecule has 1 aliphatic carbocycles. The second kappa shape index (κ2) is 6.48. The van der Waals surface area contributed by atoms with E-state index in [0.717, 1.165) is 36.1 Å². The van der Waals surface area contributed by atoms with Crippen LogP contribution < -0.4 is 5.32 Å². The van der Waals surface area contributed by atoms with E-state index in [1.54, 1.807) is 0 Å². The van der Waals surface area contributed by atoms with Crippen molar-refractivity contribution < 1.29 is 0 Å². The number of allylic oxidation sites excluding steroid dienone is 1. The van der Waals surface area contributed by atoms with Crippen molar-refractivity contribution in [2.45, 2.75) is 32.6 Å². The van der Waals surface area contributed by atoms with E-state index in [1.165, 1.54) is 35.1 Å². The van der Waals surface area contributed by atoms with Gasteiger partial charge >= 0.3 is 0 Å². The molecule has 0 spiro atoms. The molecule has 4 heteroatoms. The van der Waals surface area contributed by atoms with Gasteiger partial charge in [0, 0.05) is 18.1 Å². The Balaban J connectivity index is 1.59. The minimum Gasteiger partial charge on any atom is -0.370 e. The fourth-order valence-corrected chi connectivity index (χ4v) is 3.24. The maximum absolute atomic E-state index is 4.56. The third-order valence-corrected chi connectivity index (χ3v) is 4.67. The Kier molecular flexibility index (Phi) is 4.03. The highest BCUT2D eigenvalue weighted by Gasteiger charge is 2.13. The van der Waals surface area contributed by atoms with Gasteiger partial charge in [0.2, 0.25) is 0 Å². The molecular weight excluding hydrogens is 296 g/mol. The maximum atomic E-state index is 4.56. The summed E-state index contributed by atoms with van der Waals surface area (Å²) < 4.78 is 0. The number of nitrogens with zero attached hydrogens (tertiary/aromatic N) is 2. The lowest BCUT2D eigenvalue weighted by Crippen LogP contribution is -2.06. The summed E-state index contributed by atoms with van der Waals surface area (Å²) in [6.45, 7) is 3.20. The van der Waals surface area contributed by atoms with Crippen molar-refractivity contribution >= 4 is 28.4 Å². The first-order valence-corrected chi connectivity index (χ1v) is 8.70. The fraction of sp³-hybridized carbons (Fsp3) is 0.300. The molecule has 0 saturated heterocycles. The minimum atomic E-state index is 0.994. The molecule has 0 bridgehead atoms. The number of hydrogen-bond donors (Lipinski definition) is 2. The van der Waals surface area contributed by atoms with E-state index in [-0.39, 0.29) is 0 Å². The number of aryl methyl sites for hydroxylation is 1. The van der Waals surface area contributed by atoms with E-state index in [0.29, 0.717) is 0 Å². The van der Waals surface area contributed by atoms with E-state index in [2.05, 4.69) is 57.8 Å². The molecule has 122 valence electrons. The highest BCUT2D eigenvalue weighted by atomic mass is 15.1. The SMILES string of the molecule is CCCCNc1cc2c(cn1)C=C(c1ccc3cn[nH]c3c1)CC2. The Labute approximate surface area is 142 Å². The largest absolute Gasteiger partial charge is 0.370 e. The van der Waals surface area contributed by atoms with Crippen molar-refractivity contribution in [3.8, 4) is 0 Å². The Hall–Kier alpha value is -2.62. The van der Waals surface area contributed by atoms with Crippen LogP contribution in [-0.4, -0.2) is 21.7 Å². The normalized spacial score (nSPS) is 13.6. The summed E-state index contributed by atoms with van der Waals surface area (Å²) >= 11 is 0. The molecule has 4 nitrogen and oxygen atoms in total. The topological polar surface area (TPSA) is 53.6 Å². The minimum absolute atomic E-state index is 0.994. The van der Waals surface area contributed by atoms with Crippen molar-refractivity contribution in [3.05, 3.63) is 53.3 Å². The van der Waals surface area contributed by atoms with Gasteiger partial charge in [0.05, 0.1) is 11.7 Å². The van der Waals surface area contributed by atoms with Gasteiger partial charge in [0.25, 0.3) is 0 Å². The molecule has 0 radical (unpaired) electrons. The van der Waals surface area contributed by atoms with Crippen LogP contribution in [0.5, 0.6) is 0 Å². The van der Waals surface area contributed by atoms with Gasteiger partial charge in [-0.2, -0.15) is 5.10 Å². The third-order valence-electron chi connectivity index (χ3n) is 4.67. The lowest BCUT2D eigenvalue weighted by atomic mass is 9.89. The summed E-state index contributed by atoms with van der Waals surface area (Å²) in [7, 11) is 0. The molecule has 1 aromatic carbocycles. The Morgan fingerprint density at radius 3 is 3.04 bits per heavy atom. The van der Waals surface area contributed by atoms with E-state index in [9.17, 15) is 0 Å². The smallest absolute Gasteiger partial charge is 0.126 e. The lowest BCUT2D eigenvalue weighted by molar-refractivity contribution is 0.830. The van der Waals surface area contributed by atoms with Crippen LogP contribution in [0.1, 0.15) is 42.9 Å². The molecule has 0 fully saturated rings. The van der Waals surface area contributed by atoms with Crippen LogP contribution >= 0.6 is 0 Å². The lowest BCUT2D eigenvalue weighted by Gasteiger charge is -2.18. The molecular formula is C20H22N4. The monoisotopic (exact) mass is 318 g/mol. The summed E-state index contributed by atoms with van der Waals surface area (Å²) in [5, 5.41) is 11.7. The first-order valence-electron chi connectivity index (χ1n) is 8.70. The number of aromatic amines is 1. The summed E-state index contributed by atoms with van der Waals surface area (Å²) in [5.74, 6) is 0.998. The summed E-state index contributed by atoms with van der Waals surface area (Å²) in [6.07, 6.45) is 10.6. The van der Waals surface area contributed by atoms with Crippen LogP contribution in [0.25, 0.3) is 22.6 Å². The van der Waals surface area contributed by atoms with Gasteiger partial charge < -0.3 is 5.32 Å². The average Bonchev–Trinajstić information content (AvgIpc) is 3.09. The number of H-pyrrole nitrogens is 1. The van der Waals surface area contributed by atoms with E-state index < -0.39 is 0 Å². The van der Waals surface area contributed by atoms with E-state index in [1.807, 2.05) is 12.4 Å². The highest BCUT2D eigenvalue weighted by Crippen LogP contribution is 2.32. The van der Waals surface area contributed by atoms with E-state index in [4.69, 9.17) is 0 Å². The standard InChI is InChI=1S/C20H22N4/c1-2-3-8-21-20-11-16-5-4-14(9-18(16)12-22-20)15-6-7-17-13-23-24-19(17)10-15/h6-7,9-13H,2-5,8H2,1H3,(H,21,22)(H,23,24). The molecule has 0 atom stereocenters. The number of aromatic nitrogens is 3.